The summed E-state index contributed by atoms with van der Waals surface area (Å²) < 4.78 is 40.6. The van der Waals surface area contributed by atoms with Crippen LogP contribution in [0.15, 0.2) is 78.9 Å². The number of benzene rings is 3. The minimum absolute atomic E-state index is 0.0326. The molecule has 3 aromatic rings. The fourth-order valence-corrected chi connectivity index (χ4v) is 6.19. The SMILES string of the molecule is Cc1cccc(CN(C(=O)CN(c2cccc(F)c2)S(C)(=O)=O)[C@H](Cc2ccccc2)C(=O)NC2CCCCC2)c1. The zero-order valence-electron chi connectivity index (χ0n) is 23.6. The zero-order chi connectivity index (χ0) is 29.4. The summed E-state index contributed by atoms with van der Waals surface area (Å²) in [6.45, 7) is 1.48. The van der Waals surface area contributed by atoms with Crippen LogP contribution in [0.4, 0.5) is 10.1 Å². The molecule has 1 aliphatic carbocycles. The fraction of sp³-hybridized carbons (Fsp3) is 0.375. The van der Waals surface area contributed by atoms with E-state index in [1.807, 2.05) is 61.5 Å². The second-order valence-electron chi connectivity index (χ2n) is 10.8. The Bertz CT molecular complexity index is 1440. The number of aryl methyl sites for hydroxylation is 1. The number of halogens is 1. The Morgan fingerprint density at radius 3 is 2.27 bits per heavy atom. The molecule has 1 saturated carbocycles. The van der Waals surface area contributed by atoms with E-state index in [2.05, 4.69) is 5.32 Å². The molecule has 0 aromatic heterocycles. The van der Waals surface area contributed by atoms with E-state index in [9.17, 15) is 22.4 Å². The number of hydrogen-bond acceptors (Lipinski definition) is 4. The Hall–Kier alpha value is -3.72. The highest BCUT2D eigenvalue weighted by atomic mass is 32.2. The minimum atomic E-state index is -3.95. The van der Waals surface area contributed by atoms with Gasteiger partial charge in [-0.3, -0.25) is 13.9 Å². The standard InChI is InChI=1S/C32H38FN3O4S/c1-24-11-9-14-26(19-24)22-35(31(37)23-36(41(2,39)40)29-18-10-15-27(33)21-29)30(20-25-12-5-3-6-13-25)32(38)34-28-16-7-4-8-17-28/h3,5-6,9-15,18-19,21,28,30H,4,7-8,16-17,20,22-23H2,1-2H3,(H,34,38)/t30-/m1/s1. The molecule has 0 unspecified atom stereocenters. The van der Waals surface area contributed by atoms with Crippen molar-refractivity contribution in [3.63, 3.8) is 0 Å². The van der Waals surface area contributed by atoms with E-state index in [1.165, 1.54) is 23.1 Å². The first kappa shape index (κ1) is 30.2. The van der Waals surface area contributed by atoms with Gasteiger partial charge in [-0.15, -0.1) is 0 Å². The topological polar surface area (TPSA) is 86.8 Å². The van der Waals surface area contributed by atoms with Gasteiger partial charge in [-0.05, 0) is 49.1 Å². The lowest BCUT2D eigenvalue weighted by Gasteiger charge is -2.35. The first-order chi connectivity index (χ1) is 19.6. The van der Waals surface area contributed by atoms with Crippen LogP contribution in [-0.2, 0) is 32.6 Å². The molecule has 0 radical (unpaired) electrons. The van der Waals surface area contributed by atoms with Gasteiger partial charge in [0, 0.05) is 19.0 Å². The van der Waals surface area contributed by atoms with Crippen LogP contribution in [0.2, 0.25) is 0 Å². The molecule has 2 amide bonds. The zero-order valence-corrected chi connectivity index (χ0v) is 24.4. The molecule has 1 aliphatic rings. The van der Waals surface area contributed by atoms with Crippen molar-refractivity contribution in [3.8, 4) is 0 Å². The highest BCUT2D eigenvalue weighted by Gasteiger charge is 2.34. The third-order valence-corrected chi connectivity index (χ3v) is 8.57. The number of hydrogen-bond donors (Lipinski definition) is 1. The summed E-state index contributed by atoms with van der Waals surface area (Å²) in [4.78, 5) is 29.5. The van der Waals surface area contributed by atoms with Gasteiger partial charge < -0.3 is 10.2 Å². The lowest BCUT2D eigenvalue weighted by atomic mass is 9.94. The van der Waals surface area contributed by atoms with Crippen LogP contribution < -0.4 is 9.62 Å². The highest BCUT2D eigenvalue weighted by Crippen LogP contribution is 2.22. The van der Waals surface area contributed by atoms with E-state index >= 15 is 0 Å². The Balaban J connectivity index is 1.72. The molecule has 0 spiro atoms. The van der Waals surface area contributed by atoms with Gasteiger partial charge in [0.1, 0.15) is 18.4 Å². The highest BCUT2D eigenvalue weighted by molar-refractivity contribution is 7.92. The average Bonchev–Trinajstić information content (AvgIpc) is 2.94. The monoisotopic (exact) mass is 579 g/mol. The van der Waals surface area contributed by atoms with Gasteiger partial charge in [-0.2, -0.15) is 0 Å². The molecule has 3 aromatic carbocycles. The largest absolute Gasteiger partial charge is 0.352 e. The maximum absolute atomic E-state index is 14.1. The van der Waals surface area contributed by atoms with Crippen LogP contribution in [-0.4, -0.2) is 50.0 Å². The third kappa shape index (κ3) is 8.63. The van der Waals surface area contributed by atoms with E-state index in [-0.39, 0.29) is 30.6 Å². The second kappa shape index (κ2) is 13.8. The molecule has 0 aliphatic heterocycles. The summed E-state index contributed by atoms with van der Waals surface area (Å²) in [5.74, 6) is -1.44. The summed E-state index contributed by atoms with van der Waals surface area (Å²) in [7, 11) is -3.95. The van der Waals surface area contributed by atoms with Crippen LogP contribution in [0, 0.1) is 12.7 Å². The molecule has 4 rings (SSSR count). The van der Waals surface area contributed by atoms with Gasteiger partial charge in [0.05, 0.1) is 11.9 Å². The quantitative estimate of drug-likeness (QED) is 0.347. The smallest absolute Gasteiger partial charge is 0.244 e. The molecular weight excluding hydrogens is 541 g/mol. The molecule has 218 valence electrons. The van der Waals surface area contributed by atoms with Crippen LogP contribution in [0.1, 0.15) is 48.8 Å². The lowest BCUT2D eigenvalue weighted by Crippen LogP contribution is -2.55. The van der Waals surface area contributed by atoms with Crippen molar-refractivity contribution in [2.45, 2.75) is 64.1 Å². The van der Waals surface area contributed by atoms with Gasteiger partial charge >= 0.3 is 0 Å². The van der Waals surface area contributed by atoms with Crippen molar-refractivity contribution in [1.82, 2.24) is 10.2 Å². The first-order valence-electron chi connectivity index (χ1n) is 14.0. The van der Waals surface area contributed by atoms with E-state index < -0.39 is 34.3 Å². The van der Waals surface area contributed by atoms with Gasteiger partial charge in [0.15, 0.2) is 0 Å². The fourth-order valence-electron chi connectivity index (χ4n) is 5.35. The molecule has 7 nitrogen and oxygen atoms in total. The van der Waals surface area contributed by atoms with Crippen molar-refractivity contribution in [1.29, 1.82) is 0 Å². The number of carbonyl (C=O) groups is 2. The van der Waals surface area contributed by atoms with Crippen molar-refractivity contribution >= 4 is 27.5 Å². The van der Waals surface area contributed by atoms with Crippen LogP contribution in [0.3, 0.4) is 0 Å². The van der Waals surface area contributed by atoms with Crippen molar-refractivity contribution in [3.05, 3.63) is 101 Å². The lowest BCUT2D eigenvalue weighted by molar-refractivity contribution is -0.140. The molecule has 0 saturated heterocycles. The predicted octanol–water partition coefficient (Wildman–Crippen LogP) is 4.99. The van der Waals surface area contributed by atoms with Gasteiger partial charge in [-0.1, -0.05) is 85.5 Å². The molecule has 0 heterocycles. The second-order valence-corrected chi connectivity index (χ2v) is 12.7. The number of anilines is 1. The normalized spacial score (nSPS) is 14.7. The molecule has 9 heteroatoms. The summed E-state index contributed by atoms with van der Waals surface area (Å²) in [6, 6.07) is 21.4. The maximum atomic E-state index is 14.1. The number of carbonyl (C=O) groups excluding carboxylic acids is 2. The number of nitrogens with one attached hydrogen (secondary N) is 1. The number of nitrogens with zero attached hydrogens (tertiary/aromatic N) is 2. The maximum Gasteiger partial charge on any atom is 0.244 e. The number of rotatable bonds is 11. The van der Waals surface area contributed by atoms with Crippen molar-refractivity contribution < 1.29 is 22.4 Å². The average molecular weight is 580 g/mol. The Morgan fingerprint density at radius 1 is 0.927 bits per heavy atom. The summed E-state index contributed by atoms with van der Waals surface area (Å²) >= 11 is 0. The van der Waals surface area contributed by atoms with E-state index in [1.54, 1.807) is 0 Å². The molecule has 0 bridgehead atoms. The van der Waals surface area contributed by atoms with Gasteiger partial charge in [0.25, 0.3) is 0 Å². The first-order valence-corrected chi connectivity index (χ1v) is 15.9. The van der Waals surface area contributed by atoms with Crippen molar-refractivity contribution in [2.75, 3.05) is 17.1 Å². The van der Waals surface area contributed by atoms with E-state index in [0.29, 0.717) is 0 Å². The summed E-state index contributed by atoms with van der Waals surface area (Å²) in [5.41, 5.74) is 2.74. The molecular formula is C32H38FN3O4S. The Morgan fingerprint density at radius 2 is 1.61 bits per heavy atom. The van der Waals surface area contributed by atoms with Crippen LogP contribution >= 0.6 is 0 Å². The van der Waals surface area contributed by atoms with E-state index in [0.717, 1.165) is 65.4 Å². The van der Waals surface area contributed by atoms with Crippen LogP contribution in [0.5, 0.6) is 0 Å². The molecule has 41 heavy (non-hydrogen) atoms. The molecule has 1 N–H and O–H groups in total. The molecule has 1 fully saturated rings. The molecule has 1 atom stereocenters. The third-order valence-electron chi connectivity index (χ3n) is 7.43. The number of amides is 2. The summed E-state index contributed by atoms with van der Waals surface area (Å²) in [6.07, 6.45) is 6.23. The van der Waals surface area contributed by atoms with E-state index in [4.69, 9.17) is 0 Å². The number of sulfonamides is 1. The predicted molar refractivity (Wildman–Crippen MR) is 159 cm³/mol. The van der Waals surface area contributed by atoms with Crippen molar-refractivity contribution in [2.24, 2.45) is 0 Å². The summed E-state index contributed by atoms with van der Waals surface area (Å²) in [5, 5.41) is 3.18. The Kier molecular flexibility index (Phi) is 10.2. The van der Waals surface area contributed by atoms with Crippen LogP contribution in [0.25, 0.3) is 0 Å². The minimum Gasteiger partial charge on any atom is -0.352 e. The van der Waals surface area contributed by atoms with Gasteiger partial charge in [0.2, 0.25) is 21.8 Å². The Labute approximate surface area is 242 Å². The van der Waals surface area contributed by atoms with Gasteiger partial charge in [-0.25, -0.2) is 12.8 Å².